The smallest absolute Gasteiger partial charge is 0.240 e. The fourth-order valence-corrected chi connectivity index (χ4v) is 6.53. The van der Waals surface area contributed by atoms with Crippen molar-refractivity contribution in [1.29, 1.82) is 0 Å². The molecule has 9 nitrogen and oxygen atoms in total. The number of benzene rings is 2. The molecule has 2 aromatic carbocycles. The summed E-state index contributed by atoms with van der Waals surface area (Å²) in [5, 5.41) is 5.59. The molecule has 2 amide bonds. The Labute approximate surface area is 248 Å². The molecule has 3 heterocycles. The number of aryl methyl sites for hydroxylation is 3. The van der Waals surface area contributed by atoms with E-state index >= 15 is 0 Å². The minimum atomic E-state index is -0.803. The third-order valence-electron chi connectivity index (χ3n) is 8.93. The Bertz CT molecular complexity index is 1430. The van der Waals surface area contributed by atoms with Crippen LogP contribution in [0.4, 0.5) is 0 Å². The number of ether oxygens (including phenoxy) is 1. The summed E-state index contributed by atoms with van der Waals surface area (Å²) < 4.78 is 7.15. The predicted octanol–water partition coefficient (Wildman–Crippen LogP) is 3.58. The van der Waals surface area contributed by atoms with Gasteiger partial charge in [-0.1, -0.05) is 18.2 Å². The molecule has 2 aliphatic rings. The van der Waals surface area contributed by atoms with Crippen molar-refractivity contribution in [2.75, 3.05) is 26.7 Å². The van der Waals surface area contributed by atoms with Gasteiger partial charge < -0.3 is 20.3 Å². The highest BCUT2D eigenvalue weighted by molar-refractivity contribution is 5.92. The van der Waals surface area contributed by atoms with Crippen LogP contribution in [0, 0.1) is 12.8 Å². The zero-order valence-corrected chi connectivity index (χ0v) is 25.1. The van der Waals surface area contributed by atoms with E-state index in [1.807, 2.05) is 60.0 Å². The van der Waals surface area contributed by atoms with Gasteiger partial charge in [0.1, 0.15) is 5.75 Å². The summed E-state index contributed by atoms with van der Waals surface area (Å²) in [7, 11) is 3.57. The number of Topliss-reactive ketones (excluding diaryl/α,β-unsaturated/α-hetero) is 1. The SMILES string of the molecule is COc1ccc(C[C@@H]2C[C@@H](C(=O)CCc3ccc4c(c3)c(C)nn4C)N(C(=O)[C@H](N)CCC(=O)N3CCCC3)C2)cc1. The summed E-state index contributed by atoms with van der Waals surface area (Å²) in [5.41, 5.74) is 10.6. The number of fused-ring (bicyclic) bond motifs is 1. The Kier molecular flexibility index (Phi) is 9.26. The molecular formula is C33H43N5O4. The van der Waals surface area contributed by atoms with Crippen molar-refractivity contribution < 1.29 is 19.1 Å². The van der Waals surface area contributed by atoms with Crippen molar-refractivity contribution in [3.05, 3.63) is 59.3 Å². The van der Waals surface area contributed by atoms with E-state index in [2.05, 4.69) is 11.2 Å². The first-order valence-corrected chi connectivity index (χ1v) is 15.1. The zero-order valence-electron chi connectivity index (χ0n) is 25.1. The Balaban J connectivity index is 1.26. The number of rotatable bonds is 11. The van der Waals surface area contributed by atoms with Crippen LogP contribution in [-0.4, -0.2) is 76.0 Å². The number of methoxy groups -OCH3 is 1. The molecular weight excluding hydrogens is 530 g/mol. The molecule has 0 bridgehead atoms. The average Bonchev–Trinajstić information content (AvgIpc) is 3.74. The standard InChI is InChI=1S/C33H43N5O4/c1-22-27-19-24(8-13-29(27)36(2)35-22)9-14-31(39)30-20-25(18-23-6-10-26(42-3)11-7-23)21-38(30)33(41)28(34)12-15-32(40)37-16-4-5-17-37/h6-8,10-11,13,19,25,28,30H,4-5,9,12,14-18,20-21,34H2,1-3H3/t25-,28-,30+/m1/s1. The van der Waals surface area contributed by atoms with Gasteiger partial charge in [0.2, 0.25) is 11.8 Å². The second-order valence-electron chi connectivity index (χ2n) is 11.9. The van der Waals surface area contributed by atoms with Crippen LogP contribution >= 0.6 is 0 Å². The summed E-state index contributed by atoms with van der Waals surface area (Å²) in [4.78, 5) is 43.4. The lowest BCUT2D eigenvalue weighted by molar-refractivity contribution is -0.139. The molecule has 3 aromatic rings. The summed E-state index contributed by atoms with van der Waals surface area (Å²) in [5.74, 6) is 0.826. The van der Waals surface area contributed by atoms with Crippen molar-refractivity contribution in [2.24, 2.45) is 18.7 Å². The van der Waals surface area contributed by atoms with E-state index in [9.17, 15) is 14.4 Å². The molecule has 0 saturated carbocycles. The quantitative estimate of drug-likeness (QED) is 0.376. The molecule has 224 valence electrons. The van der Waals surface area contributed by atoms with Gasteiger partial charge in [0, 0.05) is 44.9 Å². The summed E-state index contributed by atoms with van der Waals surface area (Å²) in [6, 6.07) is 12.8. The fourth-order valence-electron chi connectivity index (χ4n) is 6.53. The molecule has 3 atom stereocenters. The molecule has 2 N–H and O–H groups in total. The maximum Gasteiger partial charge on any atom is 0.240 e. The van der Waals surface area contributed by atoms with Crippen LogP contribution in [0.1, 0.15) is 55.3 Å². The summed E-state index contributed by atoms with van der Waals surface area (Å²) in [6.45, 7) is 4.04. The van der Waals surface area contributed by atoms with Crippen LogP contribution in [0.2, 0.25) is 0 Å². The fraction of sp³-hybridized carbons (Fsp3) is 0.515. The van der Waals surface area contributed by atoms with Crippen molar-refractivity contribution in [1.82, 2.24) is 19.6 Å². The number of ketones is 1. The predicted molar refractivity (Wildman–Crippen MR) is 162 cm³/mol. The normalized spacial score (nSPS) is 19.4. The van der Waals surface area contributed by atoms with Gasteiger partial charge in [0.25, 0.3) is 0 Å². The number of carbonyl (C=O) groups is 3. The van der Waals surface area contributed by atoms with Crippen LogP contribution in [0.5, 0.6) is 5.75 Å². The molecule has 2 saturated heterocycles. The zero-order chi connectivity index (χ0) is 29.8. The van der Waals surface area contributed by atoms with E-state index in [0.717, 1.165) is 65.8 Å². The molecule has 0 spiro atoms. The van der Waals surface area contributed by atoms with Gasteiger partial charge in [-0.25, -0.2) is 0 Å². The number of amides is 2. The van der Waals surface area contributed by atoms with Gasteiger partial charge in [-0.05, 0) is 86.8 Å². The number of hydrogen-bond acceptors (Lipinski definition) is 6. The lowest BCUT2D eigenvalue weighted by atomic mass is 9.94. The van der Waals surface area contributed by atoms with E-state index in [1.54, 1.807) is 12.0 Å². The molecule has 9 heteroatoms. The summed E-state index contributed by atoms with van der Waals surface area (Å²) in [6.07, 6.45) is 4.91. The van der Waals surface area contributed by atoms with E-state index in [-0.39, 0.29) is 29.9 Å². The summed E-state index contributed by atoms with van der Waals surface area (Å²) >= 11 is 0. The number of nitrogens with zero attached hydrogens (tertiary/aromatic N) is 4. The Morgan fingerprint density at radius 3 is 2.48 bits per heavy atom. The second kappa shape index (κ2) is 13.1. The first-order chi connectivity index (χ1) is 20.2. The van der Waals surface area contributed by atoms with Gasteiger partial charge in [0.15, 0.2) is 5.78 Å². The largest absolute Gasteiger partial charge is 0.497 e. The first kappa shape index (κ1) is 29.8. The number of hydrogen-bond donors (Lipinski definition) is 1. The highest BCUT2D eigenvalue weighted by Crippen LogP contribution is 2.30. The third-order valence-corrected chi connectivity index (χ3v) is 8.93. The number of aromatic nitrogens is 2. The Morgan fingerprint density at radius 1 is 1.05 bits per heavy atom. The molecule has 0 unspecified atom stereocenters. The third kappa shape index (κ3) is 6.67. The van der Waals surface area contributed by atoms with Crippen LogP contribution in [0.3, 0.4) is 0 Å². The van der Waals surface area contributed by atoms with E-state index in [4.69, 9.17) is 10.5 Å². The Morgan fingerprint density at radius 2 is 1.76 bits per heavy atom. The van der Waals surface area contributed by atoms with Gasteiger partial charge in [-0.3, -0.25) is 19.1 Å². The molecule has 42 heavy (non-hydrogen) atoms. The number of carbonyl (C=O) groups excluding carboxylic acids is 3. The molecule has 2 aliphatic heterocycles. The number of likely N-dealkylation sites (tertiary alicyclic amines) is 2. The molecule has 0 radical (unpaired) electrons. The molecule has 1 aromatic heterocycles. The van der Waals surface area contributed by atoms with Crippen LogP contribution in [-0.2, 0) is 34.3 Å². The highest BCUT2D eigenvalue weighted by Gasteiger charge is 2.40. The maximum atomic E-state index is 13.7. The molecule has 0 aliphatic carbocycles. The van der Waals surface area contributed by atoms with Crippen LogP contribution in [0.15, 0.2) is 42.5 Å². The van der Waals surface area contributed by atoms with Gasteiger partial charge in [0.05, 0.1) is 30.4 Å². The minimum absolute atomic E-state index is 0.0583. The monoisotopic (exact) mass is 573 g/mol. The first-order valence-electron chi connectivity index (χ1n) is 15.1. The highest BCUT2D eigenvalue weighted by atomic mass is 16.5. The average molecular weight is 574 g/mol. The van der Waals surface area contributed by atoms with Crippen molar-refractivity contribution in [3.8, 4) is 5.75 Å². The van der Waals surface area contributed by atoms with Crippen molar-refractivity contribution in [3.63, 3.8) is 0 Å². The Hall–Kier alpha value is -3.72. The van der Waals surface area contributed by atoms with Crippen LogP contribution < -0.4 is 10.5 Å². The van der Waals surface area contributed by atoms with Crippen molar-refractivity contribution >= 4 is 28.5 Å². The maximum absolute atomic E-state index is 13.7. The van der Waals surface area contributed by atoms with Gasteiger partial charge in [-0.2, -0.15) is 5.10 Å². The van der Waals surface area contributed by atoms with Gasteiger partial charge >= 0.3 is 0 Å². The topological polar surface area (TPSA) is 111 Å². The number of nitrogens with two attached hydrogens (primary N) is 1. The minimum Gasteiger partial charge on any atom is -0.497 e. The second-order valence-corrected chi connectivity index (χ2v) is 11.9. The van der Waals surface area contributed by atoms with E-state index in [1.165, 1.54) is 0 Å². The van der Waals surface area contributed by atoms with E-state index in [0.29, 0.717) is 32.2 Å². The molecule has 2 fully saturated rings. The van der Waals surface area contributed by atoms with E-state index < -0.39 is 12.1 Å². The lowest BCUT2D eigenvalue weighted by Gasteiger charge is -2.27. The lowest BCUT2D eigenvalue weighted by Crippen LogP contribution is -2.49. The van der Waals surface area contributed by atoms with Crippen LogP contribution in [0.25, 0.3) is 10.9 Å². The molecule has 5 rings (SSSR count). The van der Waals surface area contributed by atoms with Gasteiger partial charge in [-0.15, -0.1) is 0 Å². The van der Waals surface area contributed by atoms with Crippen molar-refractivity contribution in [2.45, 2.75) is 70.4 Å².